The van der Waals surface area contributed by atoms with Crippen LogP contribution in [0.15, 0.2) is 0 Å². The lowest BCUT2D eigenvalue weighted by Gasteiger charge is -2.32. The number of nitrogens with zero attached hydrogens (tertiary/aromatic N) is 5. The van der Waals surface area contributed by atoms with Gasteiger partial charge in [0.1, 0.15) is 11.6 Å². The van der Waals surface area contributed by atoms with Gasteiger partial charge in [0.25, 0.3) is 0 Å². The van der Waals surface area contributed by atoms with Crippen molar-refractivity contribution in [1.82, 2.24) is 24.6 Å². The van der Waals surface area contributed by atoms with E-state index < -0.39 is 0 Å². The van der Waals surface area contributed by atoms with Crippen molar-refractivity contribution in [2.45, 2.75) is 25.3 Å². The first-order chi connectivity index (χ1) is 8.74. The first kappa shape index (κ1) is 12.4. The maximum absolute atomic E-state index is 4.41. The summed E-state index contributed by atoms with van der Waals surface area (Å²) in [4.78, 5) is 4.87. The second kappa shape index (κ2) is 5.19. The van der Waals surface area contributed by atoms with Crippen LogP contribution in [0.4, 0.5) is 0 Å². The van der Waals surface area contributed by atoms with E-state index in [-0.39, 0.29) is 0 Å². The molecule has 3 rings (SSSR count). The Bertz CT molecular complexity index is 411. The summed E-state index contributed by atoms with van der Waals surface area (Å²) < 4.78 is 2.33. The quantitative estimate of drug-likeness (QED) is 0.793. The zero-order valence-electron chi connectivity index (χ0n) is 11.2. The number of piperazine rings is 1. The minimum atomic E-state index is 0.493. The van der Waals surface area contributed by atoms with E-state index in [0.29, 0.717) is 5.25 Å². The number of rotatable bonds is 2. The van der Waals surface area contributed by atoms with E-state index in [1.165, 1.54) is 5.75 Å². The third-order valence-electron chi connectivity index (χ3n) is 3.86. The van der Waals surface area contributed by atoms with Gasteiger partial charge in [0, 0.05) is 38.5 Å². The van der Waals surface area contributed by atoms with Crippen LogP contribution in [0, 0.1) is 0 Å². The molecule has 0 aromatic carbocycles. The lowest BCUT2D eigenvalue weighted by atomic mass is 10.3. The maximum Gasteiger partial charge on any atom is 0.147 e. The van der Waals surface area contributed by atoms with E-state index in [1.807, 2.05) is 11.8 Å². The molecule has 5 nitrogen and oxygen atoms in total. The van der Waals surface area contributed by atoms with Crippen molar-refractivity contribution in [3.05, 3.63) is 11.6 Å². The van der Waals surface area contributed by atoms with Crippen LogP contribution in [-0.4, -0.2) is 63.5 Å². The molecule has 1 atom stereocenters. The van der Waals surface area contributed by atoms with Crippen molar-refractivity contribution in [1.29, 1.82) is 0 Å². The van der Waals surface area contributed by atoms with E-state index in [1.54, 1.807) is 0 Å². The number of fused-ring (bicyclic) bond motifs is 1. The summed E-state index contributed by atoms with van der Waals surface area (Å²) in [5.41, 5.74) is 0. The third-order valence-corrected chi connectivity index (χ3v) is 4.99. The zero-order valence-corrected chi connectivity index (χ0v) is 12.0. The Hall–Kier alpha value is -0.590. The summed E-state index contributed by atoms with van der Waals surface area (Å²) in [5.74, 6) is 3.50. The third kappa shape index (κ3) is 2.41. The topological polar surface area (TPSA) is 37.2 Å². The highest BCUT2D eigenvalue weighted by molar-refractivity contribution is 7.99. The van der Waals surface area contributed by atoms with E-state index in [4.69, 9.17) is 0 Å². The maximum atomic E-state index is 4.41. The summed E-state index contributed by atoms with van der Waals surface area (Å²) in [6, 6.07) is 0. The van der Waals surface area contributed by atoms with E-state index in [2.05, 4.69) is 38.5 Å². The standard InChI is InChI=1S/C12H21N5S/c1-10-12-14-13-11(17(12)7-8-18-10)9-16-5-3-15(2)4-6-16/h10H,3-9H2,1-2H3. The van der Waals surface area contributed by atoms with Crippen LogP contribution in [0.1, 0.15) is 23.8 Å². The lowest BCUT2D eigenvalue weighted by Crippen LogP contribution is -2.44. The van der Waals surface area contributed by atoms with Crippen LogP contribution in [-0.2, 0) is 13.1 Å². The summed E-state index contributed by atoms with van der Waals surface area (Å²) >= 11 is 1.98. The fraction of sp³-hybridized carbons (Fsp3) is 0.833. The first-order valence-corrected chi connectivity index (χ1v) is 7.73. The van der Waals surface area contributed by atoms with Gasteiger partial charge < -0.3 is 9.47 Å². The van der Waals surface area contributed by atoms with E-state index in [0.717, 1.165) is 50.9 Å². The van der Waals surface area contributed by atoms with Gasteiger partial charge in [-0.3, -0.25) is 4.90 Å². The summed E-state index contributed by atoms with van der Waals surface area (Å²) in [6.07, 6.45) is 0. The largest absolute Gasteiger partial charge is 0.312 e. The Kier molecular flexibility index (Phi) is 3.59. The molecule has 1 aromatic heterocycles. The van der Waals surface area contributed by atoms with Gasteiger partial charge in [-0.25, -0.2) is 0 Å². The van der Waals surface area contributed by atoms with Gasteiger partial charge in [0.2, 0.25) is 0 Å². The Morgan fingerprint density at radius 2 is 1.94 bits per heavy atom. The monoisotopic (exact) mass is 267 g/mol. The van der Waals surface area contributed by atoms with Gasteiger partial charge >= 0.3 is 0 Å². The molecule has 0 bridgehead atoms. The number of thioether (sulfide) groups is 1. The lowest BCUT2D eigenvalue weighted by molar-refractivity contribution is 0.144. The molecule has 0 saturated carbocycles. The summed E-state index contributed by atoms with van der Waals surface area (Å²) in [5, 5.41) is 9.27. The molecule has 1 aromatic rings. The molecule has 0 amide bonds. The number of hydrogen-bond acceptors (Lipinski definition) is 5. The fourth-order valence-corrected chi connectivity index (χ4v) is 3.58. The number of hydrogen-bond donors (Lipinski definition) is 0. The van der Waals surface area contributed by atoms with Crippen molar-refractivity contribution < 1.29 is 0 Å². The van der Waals surface area contributed by atoms with Crippen molar-refractivity contribution >= 4 is 11.8 Å². The molecule has 1 saturated heterocycles. The molecule has 3 heterocycles. The second-order valence-corrected chi connectivity index (χ2v) is 6.67. The van der Waals surface area contributed by atoms with E-state index in [9.17, 15) is 0 Å². The van der Waals surface area contributed by atoms with Gasteiger partial charge in [-0.1, -0.05) is 0 Å². The first-order valence-electron chi connectivity index (χ1n) is 6.68. The second-order valence-electron chi connectivity index (χ2n) is 5.22. The van der Waals surface area contributed by atoms with Crippen LogP contribution in [0.5, 0.6) is 0 Å². The smallest absolute Gasteiger partial charge is 0.147 e. The Labute approximate surface area is 113 Å². The predicted octanol–water partition coefficient (Wildman–Crippen LogP) is 0.833. The molecule has 2 aliphatic rings. The molecular formula is C12H21N5S. The Morgan fingerprint density at radius 1 is 1.17 bits per heavy atom. The van der Waals surface area contributed by atoms with E-state index >= 15 is 0 Å². The molecular weight excluding hydrogens is 246 g/mol. The minimum Gasteiger partial charge on any atom is -0.312 e. The highest BCUT2D eigenvalue weighted by atomic mass is 32.2. The molecule has 6 heteroatoms. The highest BCUT2D eigenvalue weighted by Crippen LogP contribution is 2.31. The Morgan fingerprint density at radius 3 is 2.72 bits per heavy atom. The van der Waals surface area contributed by atoms with Gasteiger partial charge in [0.15, 0.2) is 0 Å². The molecule has 0 N–H and O–H groups in total. The van der Waals surface area contributed by atoms with Crippen LogP contribution >= 0.6 is 11.8 Å². The van der Waals surface area contributed by atoms with Gasteiger partial charge in [-0.15, -0.1) is 22.0 Å². The summed E-state index contributed by atoms with van der Waals surface area (Å²) in [7, 11) is 2.19. The SMILES string of the molecule is CC1SCCn2c(CN3CCN(C)CC3)nnc21. The van der Waals surface area contributed by atoms with Crippen LogP contribution in [0.3, 0.4) is 0 Å². The normalized spacial score (nSPS) is 26.2. The average molecular weight is 267 g/mol. The van der Waals surface area contributed by atoms with Gasteiger partial charge in [0.05, 0.1) is 11.8 Å². The zero-order chi connectivity index (χ0) is 12.5. The molecule has 1 unspecified atom stereocenters. The average Bonchev–Trinajstić information content (AvgIpc) is 2.77. The molecule has 18 heavy (non-hydrogen) atoms. The molecule has 1 fully saturated rings. The van der Waals surface area contributed by atoms with Gasteiger partial charge in [-0.05, 0) is 14.0 Å². The molecule has 0 spiro atoms. The van der Waals surface area contributed by atoms with Crippen molar-refractivity contribution in [2.75, 3.05) is 39.0 Å². The van der Waals surface area contributed by atoms with Crippen LogP contribution in [0.2, 0.25) is 0 Å². The van der Waals surface area contributed by atoms with Crippen LogP contribution in [0.25, 0.3) is 0 Å². The molecule has 0 radical (unpaired) electrons. The number of aromatic nitrogens is 3. The number of likely N-dealkylation sites (N-methyl/N-ethyl adjacent to an activating group) is 1. The van der Waals surface area contributed by atoms with Crippen molar-refractivity contribution in [3.8, 4) is 0 Å². The molecule has 2 aliphatic heterocycles. The van der Waals surface area contributed by atoms with Crippen molar-refractivity contribution in [3.63, 3.8) is 0 Å². The van der Waals surface area contributed by atoms with Crippen LogP contribution < -0.4 is 0 Å². The highest BCUT2D eigenvalue weighted by Gasteiger charge is 2.24. The minimum absolute atomic E-state index is 0.493. The molecule has 0 aliphatic carbocycles. The molecule has 100 valence electrons. The summed E-state index contributed by atoms with van der Waals surface area (Å²) in [6.45, 7) is 8.86. The fourth-order valence-electron chi connectivity index (χ4n) is 2.61. The predicted molar refractivity (Wildman–Crippen MR) is 73.7 cm³/mol. The Balaban J connectivity index is 1.70. The van der Waals surface area contributed by atoms with Crippen molar-refractivity contribution in [2.24, 2.45) is 0 Å². The van der Waals surface area contributed by atoms with Gasteiger partial charge in [-0.2, -0.15) is 0 Å².